The Hall–Kier alpha value is -2.14. The molecule has 0 atom stereocenters. The number of hydrogen-bond donors (Lipinski definition) is 1. The summed E-state index contributed by atoms with van der Waals surface area (Å²) in [4.78, 5) is 24.9. The van der Waals surface area contributed by atoms with E-state index in [9.17, 15) is 9.59 Å². The molecule has 0 unspecified atom stereocenters. The molecule has 0 bridgehead atoms. The van der Waals surface area contributed by atoms with Gasteiger partial charge in [-0.05, 0) is 12.1 Å². The van der Waals surface area contributed by atoms with E-state index in [0.717, 1.165) is 0 Å². The number of carbonyl (C=O) groups is 2. The first kappa shape index (κ1) is 14.9. The molecule has 1 rings (SSSR count). The van der Waals surface area contributed by atoms with Gasteiger partial charge in [-0.2, -0.15) is 0 Å². The van der Waals surface area contributed by atoms with Crippen LogP contribution in [0.15, 0.2) is 36.9 Å². The number of ether oxygens (including phenoxy) is 1. The third kappa shape index (κ3) is 3.93. The topological polar surface area (TPSA) is 66.8 Å². The fourth-order valence-electron chi connectivity index (χ4n) is 1.66. The summed E-state index contributed by atoms with van der Waals surface area (Å²) in [7, 11) is 1.54. The second kappa shape index (κ2) is 7.33. The first-order valence-corrected chi connectivity index (χ1v) is 5.83. The average Bonchev–Trinajstić information content (AvgIpc) is 2.42. The van der Waals surface area contributed by atoms with Crippen LogP contribution in [0.1, 0.15) is 20.7 Å². The van der Waals surface area contributed by atoms with Crippen LogP contribution in [0.2, 0.25) is 0 Å². The van der Waals surface area contributed by atoms with E-state index < -0.39 is 5.97 Å². The minimum Gasteiger partial charge on any atom is -0.478 e. The molecular formula is C14H17NO4. The monoisotopic (exact) mass is 263 g/mol. The molecule has 19 heavy (non-hydrogen) atoms. The highest BCUT2D eigenvalue weighted by molar-refractivity contribution is 6.04. The molecule has 0 heterocycles. The quantitative estimate of drug-likeness (QED) is 0.760. The fraction of sp³-hybridized carbons (Fsp3) is 0.286. The van der Waals surface area contributed by atoms with Crippen LogP contribution in [-0.4, -0.2) is 48.7 Å². The van der Waals surface area contributed by atoms with Gasteiger partial charge in [0.25, 0.3) is 5.91 Å². The molecule has 5 nitrogen and oxygen atoms in total. The van der Waals surface area contributed by atoms with Crippen molar-refractivity contribution in [3.05, 3.63) is 48.0 Å². The zero-order valence-corrected chi connectivity index (χ0v) is 10.8. The molecule has 0 aliphatic heterocycles. The highest BCUT2D eigenvalue weighted by Crippen LogP contribution is 2.12. The zero-order valence-electron chi connectivity index (χ0n) is 10.8. The number of aromatic carboxylic acids is 1. The Kier molecular flexibility index (Phi) is 5.75. The summed E-state index contributed by atoms with van der Waals surface area (Å²) >= 11 is 0. The molecule has 1 aromatic carbocycles. The molecule has 0 saturated heterocycles. The number of carbonyl (C=O) groups excluding carboxylic acids is 1. The summed E-state index contributed by atoms with van der Waals surface area (Å²) in [6, 6.07) is 6.15. The van der Waals surface area contributed by atoms with Crippen LogP contribution in [0.5, 0.6) is 0 Å². The average molecular weight is 263 g/mol. The molecule has 0 aromatic heterocycles. The summed E-state index contributed by atoms with van der Waals surface area (Å²) in [5, 5.41) is 9.09. The number of carboxylic acid groups (broad SMARTS) is 1. The van der Waals surface area contributed by atoms with E-state index in [0.29, 0.717) is 19.7 Å². The minimum absolute atomic E-state index is 0.000945. The maximum atomic E-state index is 12.3. The molecule has 0 fully saturated rings. The van der Waals surface area contributed by atoms with Gasteiger partial charge in [0.1, 0.15) is 0 Å². The number of nitrogens with zero attached hydrogens (tertiary/aromatic N) is 1. The molecule has 0 spiro atoms. The summed E-state index contributed by atoms with van der Waals surface area (Å²) in [5.74, 6) is -1.45. The first-order valence-electron chi connectivity index (χ1n) is 5.83. The van der Waals surface area contributed by atoms with Gasteiger partial charge in [0.2, 0.25) is 0 Å². The predicted octanol–water partition coefficient (Wildman–Crippen LogP) is 1.66. The minimum atomic E-state index is -1.12. The van der Waals surface area contributed by atoms with Crippen LogP contribution in [-0.2, 0) is 4.74 Å². The number of benzene rings is 1. The van der Waals surface area contributed by atoms with Gasteiger partial charge in [-0.1, -0.05) is 18.2 Å². The van der Waals surface area contributed by atoms with Crippen molar-refractivity contribution in [2.45, 2.75) is 0 Å². The lowest BCUT2D eigenvalue weighted by Gasteiger charge is -2.21. The fourth-order valence-corrected chi connectivity index (χ4v) is 1.66. The standard InChI is InChI=1S/C14H17NO4/c1-3-8-15(9-10-19-2)13(16)11-6-4-5-7-12(11)14(17)18/h3-7H,1,8-10H2,2H3,(H,17,18). The smallest absolute Gasteiger partial charge is 0.336 e. The van der Waals surface area contributed by atoms with E-state index in [-0.39, 0.29) is 17.0 Å². The summed E-state index contributed by atoms with van der Waals surface area (Å²) < 4.78 is 4.94. The highest BCUT2D eigenvalue weighted by Gasteiger charge is 2.20. The third-order valence-corrected chi connectivity index (χ3v) is 2.59. The normalized spacial score (nSPS) is 9.95. The predicted molar refractivity (Wildman–Crippen MR) is 71.4 cm³/mol. The lowest BCUT2D eigenvalue weighted by atomic mass is 10.1. The van der Waals surface area contributed by atoms with Crippen LogP contribution in [0, 0.1) is 0 Å². The lowest BCUT2D eigenvalue weighted by molar-refractivity contribution is 0.0665. The van der Waals surface area contributed by atoms with E-state index in [1.807, 2.05) is 0 Å². The van der Waals surface area contributed by atoms with Crippen molar-refractivity contribution >= 4 is 11.9 Å². The Morgan fingerprint density at radius 1 is 1.37 bits per heavy atom. The molecular weight excluding hydrogens is 246 g/mol. The molecule has 5 heteroatoms. The SMILES string of the molecule is C=CCN(CCOC)C(=O)c1ccccc1C(=O)O. The van der Waals surface area contributed by atoms with Gasteiger partial charge in [-0.15, -0.1) is 6.58 Å². The Labute approximate surface area is 112 Å². The van der Waals surface area contributed by atoms with Gasteiger partial charge in [0, 0.05) is 20.2 Å². The second-order valence-electron chi connectivity index (χ2n) is 3.88. The molecule has 0 aliphatic rings. The van der Waals surface area contributed by atoms with Crippen molar-refractivity contribution < 1.29 is 19.4 Å². The summed E-state index contributed by atoms with van der Waals surface area (Å²) in [5.41, 5.74) is 0.173. The Morgan fingerprint density at radius 2 is 2.00 bits per heavy atom. The molecule has 1 aromatic rings. The van der Waals surface area contributed by atoms with E-state index in [2.05, 4.69) is 6.58 Å². The van der Waals surface area contributed by atoms with Crippen molar-refractivity contribution in [1.82, 2.24) is 4.90 Å². The Bertz CT molecular complexity index is 470. The summed E-state index contributed by atoms with van der Waals surface area (Å²) in [6.45, 7) is 4.70. The van der Waals surface area contributed by atoms with Crippen molar-refractivity contribution in [3.63, 3.8) is 0 Å². The van der Waals surface area contributed by atoms with Gasteiger partial charge in [-0.3, -0.25) is 4.79 Å². The molecule has 1 N–H and O–H groups in total. The maximum absolute atomic E-state index is 12.3. The van der Waals surface area contributed by atoms with Crippen molar-refractivity contribution in [1.29, 1.82) is 0 Å². The Morgan fingerprint density at radius 3 is 2.53 bits per heavy atom. The maximum Gasteiger partial charge on any atom is 0.336 e. The van der Waals surface area contributed by atoms with Gasteiger partial charge in [0.15, 0.2) is 0 Å². The van der Waals surface area contributed by atoms with Gasteiger partial charge in [-0.25, -0.2) is 4.79 Å². The number of hydrogen-bond acceptors (Lipinski definition) is 3. The highest BCUT2D eigenvalue weighted by atomic mass is 16.5. The number of amides is 1. The number of rotatable bonds is 7. The van der Waals surface area contributed by atoms with Crippen LogP contribution in [0.25, 0.3) is 0 Å². The van der Waals surface area contributed by atoms with E-state index in [4.69, 9.17) is 9.84 Å². The van der Waals surface area contributed by atoms with Crippen LogP contribution in [0.4, 0.5) is 0 Å². The van der Waals surface area contributed by atoms with Gasteiger partial charge >= 0.3 is 5.97 Å². The van der Waals surface area contributed by atoms with Crippen molar-refractivity contribution in [2.75, 3.05) is 26.8 Å². The van der Waals surface area contributed by atoms with Crippen LogP contribution in [0.3, 0.4) is 0 Å². The van der Waals surface area contributed by atoms with E-state index in [1.165, 1.54) is 17.0 Å². The largest absolute Gasteiger partial charge is 0.478 e. The zero-order chi connectivity index (χ0) is 14.3. The summed E-state index contributed by atoms with van der Waals surface area (Å²) in [6.07, 6.45) is 1.59. The third-order valence-electron chi connectivity index (χ3n) is 2.59. The van der Waals surface area contributed by atoms with Crippen molar-refractivity contribution in [3.8, 4) is 0 Å². The van der Waals surface area contributed by atoms with Crippen LogP contribution < -0.4 is 0 Å². The molecule has 1 amide bonds. The molecule has 0 saturated carbocycles. The van der Waals surface area contributed by atoms with E-state index in [1.54, 1.807) is 25.3 Å². The number of carboxylic acids is 1. The van der Waals surface area contributed by atoms with Crippen LogP contribution >= 0.6 is 0 Å². The Balaban J connectivity index is 3.01. The first-order chi connectivity index (χ1) is 9.11. The molecule has 102 valence electrons. The van der Waals surface area contributed by atoms with E-state index >= 15 is 0 Å². The lowest BCUT2D eigenvalue weighted by Crippen LogP contribution is -2.35. The van der Waals surface area contributed by atoms with Crippen molar-refractivity contribution in [2.24, 2.45) is 0 Å². The molecule has 0 aliphatic carbocycles. The molecule has 0 radical (unpaired) electrons. The second-order valence-corrected chi connectivity index (χ2v) is 3.88. The van der Waals surface area contributed by atoms with Gasteiger partial charge < -0.3 is 14.7 Å². The number of methoxy groups -OCH3 is 1. The van der Waals surface area contributed by atoms with Gasteiger partial charge in [0.05, 0.1) is 17.7 Å².